The lowest BCUT2D eigenvalue weighted by Crippen LogP contribution is -2.29. The van der Waals surface area contributed by atoms with Gasteiger partial charge < -0.3 is 37.3 Å². The van der Waals surface area contributed by atoms with Crippen LogP contribution in [0.2, 0.25) is 0 Å². The van der Waals surface area contributed by atoms with E-state index >= 15 is 0 Å². The van der Waals surface area contributed by atoms with Crippen LogP contribution in [0.5, 0.6) is 0 Å². The molecule has 26 rings (SSSR count). The maximum atomic E-state index is 8.37. The van der Waals surface area contributed by atoms with Crippen molar-refractivity contribution in [2.24, 2.45) is 0 Å². The fourth-order valence-corrected chi connectivity index (χ4v) is 22.3. The lowest BCUT2D eigenvalue weighted by Gasteiger charge is -2.36. The van der Waals surface area contributed by atoms with Gasteiger partial charge in [0, 0.05) is 94.9 Å². The zero-order chi connectivity index (χ0) is 87.3. The van der Waals surface area contributed by atoms with Crippen molar-refractivity contribution in [2.45, 2.75) is 24.7 Å². The van der Waals surface area contributed by atoms with Crippen molar-refractivity contribution in [1.82, 2.24) is 0 Å². The molecule has 0 aliphatic heterocycles. The Balaban J connectivity index is 0.788. The van der Waals surface area contributed by atoms with E-state index in [2.05, 4.69) is 494 Å². The molecule has 0 N–H and O–H groups in total. The van der Waals surface area contributed by atoms with Crippen LogP contribution in [0.3, 0.4) is 0 Å². The quantitative estimate of drug-likeness (QED) is 0.0894. The maximum absolute atomic E-state index is 8.37. The molecule has 0 spiro atoms. The Bertz CT molecular complexity index is 8320. The van der Waals surface area contributed by atoms with Crippen LogP contribution in [0.15, 0.2) is 479 Å². The van der Waals surface area contributed by atoms with Crippen LogP contribution in [0, 0.1) is 13.8 Å². The van der Waals surface area contributed by atoms with Crippen LogP contribution in [0.1, 0.15) is 55.6 Å². The molecule has 2 aliphatic carbocycles. The molecule has 20 aromatic carbocycles. The number of fused-ring (bicyclic) bond motifs is 22. The molecule has 0 bridgehead atoms. The smallest absolute Gasteiger partial charge is 0.145 e. The van der Waals surface area contributed by atoms with E-state index in [4.69, 9.17) is 17.7 Å². The Morgan fingerprint density at radius 1 is 0.189 bits per heavy atom. The molecular formula is C124H82N4O4. The summed E-state index contributed by atoms with van der Waals surface area (Å²) < 4.78 is 31.7. The van der Waals surface area contributed by atoms with E-state index in [-0.39, 0.29) is 0 Å². The highest BCUT2D eigenvalue weighted by Gasteiger charge is 2.54. The molecule has 24 aromatic rings. The number of aryl methyl sites for hydroxylation is 2. The second-order valence-electron chi connectivity index (χ2n) is 34.8. The van der Waals surface area contributed by atoms with Crippen LogP contribution >= 0.6 is 0 Å². The van der Waals surface area contributed by atoms with Gasteiger partial charge in [-0.25, -0.2) is 0 Å². The topological polar surface area (TPSA) is 65.5 Å². The molecular weight excluding hydrogens is 1610 g/mol. The second kappa shape index (κ2) is 30.2. The third-order valence-electron chi connectivity index (χ3n) is 27.8. The number of anilines is 12. The minimum absolute atomic E-state index is 0.735. The molecule has 0 amide bonds. The van der Waals surface area contributed by atoms with E-state index in [0.717, 1.165) is 245 Å². The fraction of sp³-hybridized carbons (Fsp3) is 0.0323. The normalized spacial score (nSPS) is 12.9. The Morgan fingerprint density at radius 2 is 0.439 bits per heavy atom. The third-order valence-corrected chi connectivity index (χ3v) is 27.8. The summed E-state index contributed by atoms with van der Waals surface area (Å²) in [5.41, 5.74) is 32.4. The van der Waals surface area contributed by atoms with Gasteiger partial charge in [-0.3, -0.25) is 0 Å². The Morgan fingerprint density at radius 3 is 0.765 bits per heavy atom. The minimum Gasteiger partial charge on any atom is -0.455 e. The van der Waals surface area contributed by atoms with Crippen molar-refractivity contribution in [3.05, 3.63) is 517 Å². The van der Waals surface area contributed by atoms with E-state index in [1.165, 1.54) is 0 Å². The summed E-state index contributed by atoms with van der Waals surface area (Å²) in [5.74, 6) is 0. The average Bonchev–Trinajstić information content (AvgIpc) is 1.50. The molecule has 0 saturated heterocycles. The average molecular weight is 1690 g/mol. The number of rotatable bonds is 17. The number of para-hydroxylation sites is 12. The fourth-order valence-electron chi connectivity index (χ4n) is 22.3. The second-order valence-corrected chi connectivity index (χ2v) is 34.8. The van der Waals surface area contributed by atoms with Crippen molar-refractivity contribution in [3.8, 4) is 33.4 Å². The first-order valence-corrected chi connectivity index (χ1v) is 45.3. The van der Waals surface area contributed by atoms with E-state index in [0.29, 0.717) is 0 Å². The van der Waals surface area contributed by atoms with E-state index in [1.807, 2.05) is 0 Å². The minimum atomic E-state index is -1.13. The van der Waals surface area contributed by atoms with Gasteiger partial charge in [-0.1, -0.05) is 334 Å². The number of hydrogen-bond acceptors (Lipinski definition) is 8. The molecule has 8 heteroatoms. The first-order valence-electron chi connectivity index (χ1n) is 45.3. The molecule has 132 heavy (non-hydrogen) atoms. The summed E-state index contributed by atoms with van der Waals surface area (Å²) in [6.07, 6.45) is 0. The van der Waals surface area contributed by atoms with Gasteiger partial charge in [0.1, 0.15) is 44.7 Å². The molecule has 2 aliphatic rings. The molecule has 4 aromatic heterocycles. The molecule has 0 saturated carbocycles. The third kappa shape index (κ3) is 11.3. The molecule has 0 unspecified atom stereocenters. The zero-order valence-corrected chi connectivity index (χ0v) is 72.3. The Hall–Kier alpha value is -17.2. The molecule has 622 valence electrons. The van der Waals surface area contributed by atoms with Crippen LogP contribution < -0.4 is 19.6 Å². The lowest BCUT2D eigenvalue weighted by atomic mass is 9.67. The summed E-state index contributed by atoms with van der Waals surface area (Å²) >= 11 is 0. The van der Waals surface area contributed by atoms with Crippen molar-refractivity contribution >= 4 is 156 Å². The zero-order valence-electron chi connectivity index (χ0n) is 72.3. The van der Waals surface area contributed by atoms with E-state index < -0.39 is 10.8 Å². The molecule has 0 radical (unpaired) electrons. The summed E-state index contributed by atoms with van der Waals surface area (Å²) in [6, 6.07) is 168. The summed E-state index contributed by atoms with van der Waals surface area (Å²) in [5, 5.41) is 7.88. The largest absolute Gasteiger partial charge is 0.455 e. The predicted octanol–water partition coefficient (Wildman–Crippen LogP) is 34.2. The summed E-state index contributed by atoms with van der Waals surface area (Å²) in [7, 11) is 0. The van der Waals surface area contributed by atoms with Gasteiger partial charge in [-0.2, -0.15) is 0 Å². The van der Waals surface area contributed by atoms with Crippen molar-refractivity contribution in [2.75, 3.05) is 19.6 Å². The van der Waals surface area contributed by atoms with Gasteiger partial charge in [0.2, 0.25) is 0 Å². The van der Waals surface area contributed by atoms with Crippen molar-refractivity contribution in [1.29, 1.82) is 0 Å². The van der Waals surface area contributed by atoms with Crippen molar-refractivity contribution in [3.63, 3.8) is 0 Å². The highest BCUT2D eigenvalue weighted by molar-refractivity contribution is 6.28. The van der Waals surface area contributed by atoms with Crippen LogP contribution in [0.4, 0.5) is 68.2 Å². The lowest BCUT2D eigenvalue weighted by molar-refractivity contribution is 0.665. The predicted molar refractivity (Wildman–Crippen MR) is 544 cm³/mol. The first-order chi connectivity index (χ1) is 65.4. The monoisotopic (exact) mass is 1690 g/mol. The number of hydrogen-bond donors (Lipinski definition) is 0. The van der Waals surface area contributed by atoms with Crippen LogP contribution in [-0.4, -0.2) is 0 Å². The first kappa shape index (κ1) is 76.1. The highest BCUT2D eigenvalue weighted by Crippen LogP contribution is 2.68. The van der Waals surface area contributed by atoms with Gasteiger partial charge in [0.05, 0.1) is 55.1 Å². The summed E-state index contributed by atoms with van der Waals surface area (Å²) in [6.45, 7) is 4.43. The number of furan rings is 4. The SMILES string of the molecule is Cc1ccccc1N(c1ccccc1)c1cc2c(c3oc4ccccc4c13)-c1c(cc(N(c3ccccc3)c3ccccc3C)c3c1oc1ccccc13)C2(c1ccccc1)c1ccc(-c2cccc3c2oc2c4c(cc(N(c5ccccc5)c5ccccc5)c23)C(c2ccccc2)(c2ccccc2)c2cc(N(c3ccccc3)c3ccccc3)c3c(oc5ccccc53)c2-4)cc1. The van der Waals surface area contributed by atoms with Crippen molar-refractivity contribution < 1.29 is 17.7 Å². The van der Waals surface area contributed by atoms with Gasteiger partial charge >= 0.3 is 0 Å². The summed E-state index contributed by atoms with van der Waals surface area (Å²) in [4.78, 5) is 9.76. The molecule has 8 nitrogen and oxygen atoms in total. The van der Waals surface area contributed by atoms with Gasteiger partial charge in [0.15, 0.2) is 0 Å². The standard InChI is InChI=1S/C124H82N4O4/c1-79-41-30-35-66-101(79)127(90-57-26-10-27-58-90)105-77-99-114(120-111(105)94-62-33-38-69-108(94)130-120)115-100(78-106(112-95-63-34-39-70-109(95)131-121(112)115)128(91-59-28-11-29-60-91)102-67-36-31-42-80(102)2)124(99,84-47-16-5-17-48-84)85-73-71-81(72-74-85)92-64-40-65-96-113-104(126(88-53-22-8-23-54-88)89-55-24-9-25-56-89)76-98-117(122(113)132-118(92)96)116-97(123(98,82-43-12-3-13-44-82)83-45-14-4-15-46-83)75-103(110-93-61-32-37-68-107(93)129-119(110)116)125(86-49-18-6-19-50-86)87-51-20-7-21-52-87/h3-78H,1-2H3. The molecule has 4 heterocycles. The van der Waals surface area contributed by atoms with Gasteiger partial charge in [0.25, 0.3) is 0 Å². The highest BCUT2D eigenvalue weighted by atomic mass is 16.3. The van der Waals surface area contributed by atoms with E-state index in [1.54, 1.807) is 0 Å². The Labute approximate surface area is 762 Å². The Kier molecular flexibility index (Phi) is 17.4. The number of benzene rings is 20. The van der Waals surface area contributed by atoms with E-state index in [9.17, 15) is 0 Å². The van der Waals surface area contributed by atoms with Gasteiger partial charge in [-0.15, -0.1) is 0 Å². The maximum Gasteiger partial charge on any atom is 0.145 e. The number of nitrogens with zero attached hydrogens (tertiary/aromatic N) is 4. The molecule has 0 fully saturated rings. The van der Waals surface area contributed by atoms with Gasteiger partial charge in [-0.05, 0) is 202 Å². The van der Waals surface area contributed by atoms with Crippen LogP contribution in [0.25, 0.3) is 121 Å². The van der Waals surface area contributed by atoms with Crippen LogP contribution in [-0.2, 0) is 10.8 Å². The molecule has 0 atom stereocenters.